The molecule has 1 saturated heterocycles. The van der Waals surface area contributed by atoms with E-state index in [0.717, 1.165) is 11.1 Å². The second kappa shape index (κ2) is 9.27. The number of carbonyl (C=O) groups excluding carboxylic acids is 1. The van der Waals surface area contributed by atoms with Crippen LogP contribution in [0.1, 0.15) is 17.2 Å². The largest absolute Gasteiger partial charge is 0.354 e. The Hall–Kier alpha value is -1.60. The normalized spacial score (nSPS) is 17.8. The van der Waals surface area contributed by atoms with Crippen LogP contribution < -0.4 is 5.32 Å². The molecule has 0 saturated carbocycles. The molecular formula is C20H22Cl2N2O3S. The number of carbonyl (C=O) groups is 1. The molecule has 1 unspecified atom stereocenters. The lowest BCUT2D eigenvalue weighted by Crippen LogP contribution is -2.47. The first-order chi connectivity index (χ1) is 13.3. The minimum atomic E-state index is -3.02. The van der Waals surface area contributed by atoms with E-state index in [2.05, 4.69) is 5.32 Å². The number of halogens is 2. The van der Waals surface area contributed by atoms with Crippen molar-refractivity contribution in [2.75, 3.05) is 31.1 Å². The van der Waals surface area contributed by atoms with Crippen molar-refractivity contribution in [3.8, 4) is 0 Å². The molecule has 0 aromatic heterocycles. The summed E-state index contributed by atoms with van der Waals surface area (Å²) in [7, 11) is -3.02. The van der Waals surface area contributed by atoms with Gasteiger partial charge in [-0.3, -0.25) is 9.69 Å². The smallest absolute Gasteiger partial charge is 0.241 e. The fourth-order valence-corrected chi connectivity index (χ4v) is 5.13. The predicted octanol–water partition coefficient (Wildman–Crippen LogP) is 3.12. The fourth-order valence-electron chi connectivity index (χ4n) is 3.33. The monoisotopic (exact) mass is 440 g/mol. The Balaban J connectivity index is 1.68. The molecule has 5 nitrogen and oxygen atoms in total. The summed E-state index contributed by atoms with van der Waals surface area (Å²) in [6.07, 6.45) is 0.599. The number of hydrogen-bond donors (Lipinski definition) is 1. The Labute approximate surface area is 175 Å². The van der Waals surface area contributed by atoms with Gasteiger partial charge in [-0.2, -0.15) is 0 Å². The van der Waals surface area contributed by atoms with Crippen LogP contribution in [0, 0.1) is 0 Å². The van der Waals surface area contributed by atoms with Gasteiger partial charge in [-0.1, -0.05) is 53.5 Å². The van der Waals surface area contributed by atoms with E-state index in [-0.39, 0.29) is 17.4 Å². The fraction of sp³-hybridized carbons (Fsp3) is 0.350. The summed E-state index contributed by atoms with van der Waals surface area (Å²) in [5.41, 5.74) is 1.79. The van der Waals surface area contributed by atoms with Crippen LogP contribution in [0.15, 0.2) is 48.5 Å². The van der Waals surface area contributed by atoms with Crippen molar-refractivity contribution < 1.29 is 13.2 Å². The maximum Gasteiger partial charge on any atom is 0.241 e. The molecule has 2 aromatic rings. The van der Waals surface area contributed by atoms with Crippen LogP contribution in [0.3, 0.4) is 0 Å². The molecule has 0 bridgehead atoms. The summed E-state index contributed by atoms with van der Waals surface area (Å²) in [6.45, 7) is 1.13. The molecule has 0 spiro atoms. The van der Waals surface area contributed by atoms with E-state index < -0.39 is 15.9 Å². The Bertz CT molecular complexity index is 901. The third-order valence-corrected chi connectivity index (χ3v) is 6.79. The van der Waals surface area contributed by atoms with Crippen molar-refractivity contribution in [1.29, 1.82) is 0 Å². The van der Waals surface area contributed by atoms with Crippen molar-refractivity contribution in [2.45, 2.75) is 12.5 Å². The molecule has 28 heavy (non-hydrogen) atoms. The van der Waals surface area contributed by atoms with Crippen LogP contribution in [0.4, 0.5) is 0 Å². The van der Waals surface area contributed by atoms with Crippen molar-refractivity contribution in [2.24, 2.45) is 0 Å². The standard InChI is InChI=1S/C20H22Cl2N2O3S/c21-17-12-15(13-18(22)14-17)6-7-23-20(25)19(16-4-2-1-3-5-16)24-8-10-28(26,27)11-9-24/h1-5,12-14,19H,6-11H2,(H,23,25). The van der Waals surface area contributed by atoms with Gasteiger partial charge in [0.25, 0.3) is 0 Å². The van der Waals surface area contributed by atoms with Gasteiger partial charge < -0.3 is 5.32 Å². The van der Waals surface area contributed by atoms with Gasteiger partial charge in [-0.05, 0) is 35.7 Å². The van der Waals surface area contributed by atoms with Gasteiger partial charge in [0.15, 0.2) is 9.84 Å². The molecule has 1 aliphatic rings. The number of benzene rings is 2. The van der Waals surface area contributed by atoms with Crippen LogP contribution in [0.25, 0.3) is 0 Å². The Morgan fingerprint density at radius 1 is 1.04 bits per heavy atom. The minimum absolute atomic E-state index is 0.0740. The zero-order chi connectivity index (χ0) is 20.1. The van der Waals surface area contributed by atoms with Crippen LogP contribution in [0.2, 0.25) is 10.0 Å². The van der Waals surface area contributed by atoms with Crippen molar-refractivity contribution in [1.82, 2.24) is 10.2 Å². The van der Waals surface area contributed by atoms with Crippen LogP contribution in [-0.2, 0) is 21.1 Å². The van der Waals surface area contributed by atoms with Crippen LogP contribution in [-0.4, -0.2) is 50.4 Å². The van der Waals surface area contributed by atoms with Crippen molar-refractivity contribution in [3.05, 3.63) is 69.7 Å². The first-order valence-corrected chi connectivity index (χ1v) is 11.6. The molecule has 2 aromatic carbocycles. The first kappa shape index (κ1) is 21.1. The number of sulfone groups is 1. The lowest BCUT2D eigenvalue weighted by Gasteiger charge is -2.33. The van der Waals surface area contributed by atoms with E-state index in [9.17, 15) is 13.2 Å². The van der Waals surface area contributed by atoms with Gasteiger partial charge in [0, 0.05) is 29.7 Å². The van der Waals surface area contributed by atoms with Crippen LogP contribution >= 0.6 is 23.2 Å². The van der Waals surface area contributed by atoms with Gasteiger partial charge in [-0.25, -0.2) is 8.42 Å². The number of hydrogen-bond acceptors (Lipinski definition) is 4. The zero-order valence-electron chi connectivity index (χ0n) is 15.3. The van der Waals surface area contributed by atoms with Crippen molar-refractivity contribution in [3.63, 3.8) is 0 Å². The van der Waals surface area contributed by atoms with Gasteiger partial charge >= 0.3 is 0 Å². The van der Waals surface area contributed by atoms with Gasteiger partial charge in [0.1, 0.15) is 6.04 Å². The highest BCUT2D eigenvalue weighted by Crippen LogP contribution is 2.23. The average molecular weight is 441 g/mol. The number of nitrogens with one attached hydrogen (secondary N) is 1. The lowest BCUT2D eigenvalue weighted by molar-refractivity contribution is -0.126. The maximum absolute atomic E-state index is 13.0. The highest BCUT2D eigenvalue weighted by atomic mass is 35.5. The molecule has 8 heteroatoms. The van der Waals surface area contributed by atoms with Crippen LogP contribution in [0.5, 0.6) is 0 Å². The number of amides is 1. The molecular weight excluding hydrogens is 419 g/mol. The number of nitrogens with zero attached hydrogens (tertiary/aromatic N) is 1. The minimum Gasteiger partial charge on any atom is -0.354 e. The zero-order valence-corrected chi connectivity index (χ0v) is 17.6. The molecule has 1 amide bonds. The summed E-state index contributed by atoms with van der Waals surface area (Å²) >= 11 is 12.0. The average Bonchev–Trinajstić information content (AvgIpc) is 2.63. The summed E-state index contributed by atoms with van der Waals surface area (Å²) in [4.78, 5) is 14.9. The first-order valence-electron chi connectivity index (χ1n) is 9.06. The second-order valence-corrected chi connectivity index (χ2v) is 10.00. The lowest BCUT2D eigenvalue weighted by atomic mass is 10.0. The summed E-state index contributed by atoms with van der Waals surface area (Å²) in [5, 5.41) is 4.09. The highest BCUT2D eigenvalue weighted by molar-refractivity contribution is 7.91. The Kier molecular flexibility index (Phi) is 6.99. The van der Waals surface area contributed by atoms with Gasteiger partial charge in [-0.15, -0.1) is 0 Å². The van der Waals surface area contributed by atoms with E-state index in [0.29, 0.717) is 36.1 Å². The van der Waals surface area contributed by atoms with E-state index in [4.69, 9.17) is 23.2 Å². The molecule has 0 radical (unpaired) electrons. The molecule has 1 N–H and O–H groups in total. The van der Waals surface area contributed by atoms with Gasteiger partial charge in [0.2, 0.25) is 5.91 Å². The van der Waals surface area contributed by atoms with E-state index in [1.54, 1.807) is 6.07 Å². The molecule has 1 fully saturated rings. The molecule has 1 aliphatic heterocycles. The summed E-state index contributed by atoms with van der Waals surface area (Å²) < 4.78 is 23.5. The second-order valence-electron chi connectivity index (χ2n) is 6.82. The quantitative estimate of drug-likeness (QED) is 0.748. The summed E-state index contributed by atoms with van der Waals surface area (Å²) in [6, 6.07) is 14.2. The van der Waals surface area contributed by atoms with E-state index in [1.165, 1.54) is 0 Å². The molecule has 3 rings (SSSR count). The van der Waals surface area contributed by atoms with Gasteiger partial charge in [0.05, 0.1) is 11.5 Å². The van der Waals surface area contributed by atoms with E-state index in [1.807, 2.05) is 47.4 Å². The Morgan fingerprint density at radius 2 is 1.64 bits per heavy atom. The molecule has 150 valence electrons. The molecule has 1 atom stereocenters. The SMILES string of the molecule is O=C(NCCc1cc(Cl)cc(Cl)c1)C(c1ccccc1)N1CCS(=O)(=O)CC1. The maximum atomic E-state index is 13.0. The Morgan fingerprint density at radius 3 is 2.25 bits per heavy atom. The van der Waals surface area contributed by atoms with E-state index >= 15 is 0 Å². The third-order valence-electron chi connectivity index (χ3n) is 4.74. The van der Waals surface area contributed by atoms with Crippen molar-refractivity contribution >= 4 is 38.9 Å². The topological polar surface area (TPSA) is 66.5 Å². The number of rotatable bonds is 6. The third kappa shape index (κ3) is 5.70. The molecule has 0 aliphatic carbocycles. The summed E-state index contributed by atoms with van der Waals surface area (Å²) in [5.74, 6) is 0.00791. The highest BCUT2D eigenvalue weighted by Gasteiger charge is 2.32. The predicted molar refractivity (Wildman–Crippen MR) is 113 cm³/mol. The molecule has 1 heterocycles.